The Labute approximate surface area is 75.4 Å². The number of nitrogen functional groups attached to an aromatic ring is 1. The topological polar surface area (TPSA) is 76.2 Å². The number of rotatable bonds is 1. The van der Waals surface area contributed by atoms with Gasteiger partial charge in [-0.1, -0.05) is 5.92 Å². The molecule has 0 aliphatic rings. The molecule has 0 atom stereocenters. The Balaban J connectivity index is 2.72. The van der Waals surface area contributed by atoms with Crippen LogP contribution in [0.5, 0.6) is 0 Å². The smallest absolute Gasteiger partial charge is 0.315 e. The van der Waals surface area contributed by atoms with Crippen LogP contribution in [0, 0.1) is 11.8 Å². The van der Waals surface area contributed by atoms with E-state index in [1.54, 1.807) is 12.1 Å². The Hall–Kier alpha value is -2.02. The molecule has 0 aromatic carbocycles. The lowest BCUT2D eigenvalue weighted by Gasteiger charge is -1.90. The Morgan fingerprint density at radius 2 is 2.46 bits per heavy atom. The summed E-state index contributed by atoms with van der Waals surface area (Å²) in [4.78, 5) is 14.0. The van der Waals surface area contributed by atoms with Crippen molar-refractivity contribution in [2.24, 2.45) is 0 Å². The number of aromatic nitrogens is 1. The zero-order valence-electron chi connectivity index (χ0n) is 6.82. The van der Waals surface area contributed by atoms with Crippen LogP contribution in [-0.2, 0) is 4.79 Å². The number of aliphatic carboxylic acids is 1. The zero-order valence-corrected chi connectivity index (χ0v) is 6.82. The van der Waals surface area contributed by atoms with E-state index in [1.165, 1.54) is 6.20 Å². The summed E-state index contributed by atoms with van der Waals surface area (Å²) in [6.45, 7) is 0. The van der Waals surface area contributed by atoms with Crippen molar-refractivity contribution in [3.05, 3.63) is 24.0 Å². The van der Waals surface area contributed by atoms with E-state index in [-0.39, 0.29) is 6.42 Å². The second kappa shape index (κ2) is 4.12. The van der Waals surface area contributed by atoms with Gasteiger partial charge in [-0.3, -0.25) is 4.79 Å². The van der Waals surface area contributed by atoms with E-state index in [9.17, 15) is 4.79 Å². The molecule has 0 unspecified atom stereocenters. The lowest BCUT2D eigenvalue weighted by atomic mass is 10.3. The van der Waals surface area contributed by atoms with Crippen LogP contribution < -0.4 is 5.73 Å². The average molecular weight is 176 g/mol. The van der Waals surface area contributed by atoms with Crippen molar-refractivity contribution in [3.8, 4) is 11.8 Å². The number of carboxylic acids is 1. The van der Waals surface area contributed by atoms with E-state index < -0.39 is 5.97 Å². The van der Waals surface area contributed by atoms with E-state index >= 15 is 0 Å². The Morgan fingerprint density at radius 3 is 3.08 bits per heavy atom. The summed E-state index contributed by atoms with van der Waals surface area (Å²) in [6.07, 6.45) is 1.34. The molecular formula is C9H8N2O2. The molecule has 0 aliphatic carbocycles. The van der Waals surface area contributed by atoms with Crippen LogP contribution in [0.2, 0.25) is 0 Å². The molecule has 0 fully saturated rings. The van der Waals surface area contributed by atoms with E-state index in [1.807, 2.05) is 0 Å². The van der Waals surface area contributed by atoms with Gasteiger partial charge in [0.2, 0.25) is 0 Å². The fraction of sp³-hybridized carbons (Fsp3) is 0.111. The number of hydrogen-bond donors (Lipinski definition) is 2. The average Bonchev–Trinajstić information content (AvgIpc) is 2.03. The van der Waals surface area contributed by atoms with Gasteiger partial charge >= 0.3 is 5.97 Å². The fourth-order valence-corrected chi connectivity index (χ4v) is 0.726. The van der Waals surface area contributed by atoms with Crippen LogP contribution in [0.3, 0.4) is 0 Å². The molecule has 0 spiro atoms. The normalized spacial score (nSPS) is 8.62. The van der Waals surface area contributed by atoms with Crippen LogP contribution in [0.1, 0.15) is 12.1 Å². The van der Waals surface area contributed by atoms with Crippen LogP contribution in [0.25, 0.3) is 0 Å². The van der Waals surface area contributed by atoms with Gasteiger partial charge in [0.05, 0.1) is 0 Å². The van der Waals surface area contributed by atoms with E-state index in [0.29, 0.717) is 11.4 Å². The van der Waals surface area contributed by atoms with E-state index in [0.717, 1.165) is 0 Å². The Bertz CT molecular complexity index is 377. The minimum Gasteiger partial charge on any atom is -0.481 e. The molecule has 0 radical (unpaired) electrons. The summed E-state index contributed by atoms with van der Waals surface area (Å²) in [5.41, 5.74) is 6.52. The minimum absolute atomic E-state index is 0.184. The monoisotopic (exact) mass is 176 g/mol. The van der Waals surface area contributed by atoms with Gasteiger partial charge in [0.25, 0.3) is 0 Å². The van der Waals surface area contributed by atoms with Gasteiger partial charge in [-0.25, -0.2) is 4.98 Å². The molecule has 66 valence electrons. The first kappa shape index (κ1) is 9.07. The van der Waals surface area contributed by atoms with Crippen molar-refractivity contribution < 1.29 is 9.90 Å². The first-order chi connectivity index (χ1) is 6.18. The van der Waals surface area contributed by atoms with Crippen molar-refractivity contribution in [1.82, 2.24) is 4.98 Å². The second-order valence-corrected chi connectivity index (χ2v) is 2.35. The number of pyridine rings is 1. The summed E-state index contributed by atoms with van der Waals surface area (Å²) in [6, 6.07) is 3.23. The SMILES string of the molecule is Nc1ccnc(C#CCC(=O)O)c1. The first-order valence-electron chi connectivity index (χ1n) is 3.60. The van der Waals surface area contributed by atoms with Crippen LogP contribution in [0.15, 0.2) is 18.3 Å². The largest absolute Gasteiger partial charge is 0.481 e. The summed E-state index contributed by atoms with van der Waals surface area (Å²) >= 11 is 0. The molecule has 1 aromatic rings. The fourth-order valence-electron chi connectivity index (χ4n) is 0.726. The molecule has 4 nitrogen and oxygen atoms in total. The maximum atomic E-state index is 10.1. The number of nitrogens with two attached hydrogens (primary N) is 1. The summed E-state index contributed by atoms with van der Waals surface area (Å²) in [5.74, 6) is 4.11. The van der Waals surface area contributed by atoms with Crippen molar-refractivity contribution >= 4 is 11.7 Å². The Morgan fingerprint density at radius 1 is 1.69 bits per heavy atom. The molecule has 0 saturated heterocycles. The molecule has 0 aliphatic heterocycles. The summed E-state index contributed by atoms with van der Waals surface area (Å²) < 4.78 is 0. The van der Waals surface area contributed by atoms with Crippen molar-refractivity contribution in [2.75, 3.05) is 5.73 Å². The lowest BCUT2D eigenvalue weighted by molar-refractivity contribution is -0.135. The van der Waals surface area contributed by atoms with Gasteiger partial charge in [-0.2, -0.15) is 0 Å². The van der Waals surface area contributed by atoms with Gasteiger partial charge in [0, 0.05) is 11.9 Å². The highest BCUT2D eigenvalue weighted by Gasteiger charge is 1.91. The molecule has 4 heteroatoms. The number of carboxylic acid groups (broad SMARTS) is 1. The third-order valence-corrected chi connectivity index (χ3v) is 1.24. The molecule has 0 saturated carbocycles. The molecular weight excluding hydrogens is 168 g/mol. The van der Waals surface area contributed by atoms with Crippen LogP contribution >= 0.6 is 0 Å². The predicted octanol–water partition coefficient (Wildman–Crippen LogP) is 0.490. The number of carbonyl (C=O) groups is 1. The predicted molar refractivity (Wildman–Crippen MR) is 47.8 cm³/mol. The van der Waals surface area contributed by atoms with E-state index in [2.05, 4.69) is 16.8 Å². The van der Waals surface area contributed by atoms with Gasteiger partial charge < -0.3 is 10.8 Å². The third kappa shape index (κ3) is 3.25. The van der Waals surface area contributed by atoms with Gasteiger partial charge in [0.1, 0.15) is 12.1 Å². The van der Waals surface area contributed by atoms with Crippen molar-refractivity contribution in [1.29, 1.82) is 0 Å². The maximum Gasteiger partial charge on any atom is 0.315 e. The van der Waals surface area contributed by atoms with Gasteiger partial charge in [-0.05, 0) is 18.1 Å². The van der Waals surface area contributed by atoms with Crippen LogP contribution in [0.4, 0.5) is 5.69 Å². The van der Waals surface area contributed by atoms with Crippen LogP contribution in [-0.4, -0.2) is 16.1 Å². The maximum absolute atomic E-state index is 10.1. The molecule has 0 bridgehead atoms. The molecule has 1 rings (SSSR count). The van der Waals surface area contributed by atoms with Crippen molar-refractivity contribution in [3.63, 3.8) is 0 Å². The highest BCUT2D eigenvalue weighted by Crippen LogP contribution is 2.00. The molecule has 13 heavy (non-hydrogen) atoms. The third-order valence-electron chi connectivity index (χ3n) is 1.24. The summed E-state index contributed by atoms with van der Waals surface area (Å²) in [7, 11) is 0. The zero-order chi connectivity index (χ0) is 9.68. The van der Waals surface area contributed by atoms with Gasteiger partial charge in [-0.15, -0.1) is 0 Å². The van der Waals surface area contributed by atoms with E-state index in [4.69, 9.17) is 10.8 Å². The number of nitrogens with zero attached hydrogens (tertiary/aromatic N) is 1. The quantitative estimate of drug-likeness (QED) is 0.610. The Kier molecular flexibility index (Phi) is 2.87. The molecule has 1 heterocycles. The lowest BCUT2D eigenvalue weighted by Crippen LogP contribution is -1.91. The molecule has 1 aromatic heterocycles. The highest BCUT2D eigenvalue weighted by atomic mass is 16.4. The highest BCUT2D eigenvalue weighted by molar-refractivity contribution is 5.70. The second-order valence-electron chi connectivity index (χ2n) is 2.35. The first-order valence-corrected chi connectivity index (χ1v) is 3.60. The summed E-state index contributed by atoms with van der Waals surface area (Å²) in [5, 5.41) is 8.30. The minimum atomic E-state index is -0.948. The number of anilines is 1. The van der Waals surface area contributed by atoms with Gasteiger partial charge in [0.15, 0.2) is 0 Å². The molecule has 3 N–H and O–H groups in total. The van der Waals surface area contributed by atoms with Crippen molar-refractivity contribution in [2.45, 2.75) is 6.42 Å². The number of hydrogen-bond acceptors (Lipinski definition) is 3. The molecule has 0 amide bonds. The standard InChI is InChI=1S/C9H8N2O2/c10-7-4-5-11-8(6-7)2-1-3-9(12)13/h4-6H,3H2,(H2,10,11)(H,12,13).